The zero-order valence-electron chi connectivity index (χ0n) is 13.0. The van der Waals surface area contributed by atoms with E-state index in [4.69, 9.17) is 19.9 Å². The molecule has 0 aromatic carbocycles. The van der Waals surface area contributed by atoms with Gasteiger partial charge in [-0.2, -0.15) is 0 Å². The molecule has 0 aromatic rings. The lowest BCUT2D eigenvalue weighted by Gasteiger charge is -2.49. The largest absolute Gasteiger partial charge is 0.394 e. The van der Waals surface area contributed by atoms with E-state index in [0.29, 0.717) is 0 Å². The monoisotopic (exact) mass is 355 g/mol. The highest BCUT2D eigenvalue weighted by Crippen LogP contribution is 2.34. The summed E-state index contributed by atoms with van der Waals surface area (Å²) in [6.07, 6.45) is -11.7. The maximum absolute atomic E-state index is 10.1. The molecule has 2 fully saturated rings. The minimum absolute atomic E-state index is 0.620. The molecule has 2 saturated heterocycles. The zero-order valence-corrected chi connectivity index (χ0v) is 13.0. The van der Waals surface area contributed by atoms with Gasteiger partial charge in [0.2, 0.25) is 0 Å². The van der Waals surface area contributed by atoms with E-state index in [1.807, 2.05) is 0 Å². The second-order valence-electron chi connectivity index (χ2n) is 6.18. The van der Waals surface area contributed by atoms with Crippen molar-refractivity contribution in [1.29, 1.82) is 0 Å². The van der Waals surface area contributed by atoms with Crippen molar-refractivity contribution in [2.75, 3.05) is 13.2 Å². The van der Waals surface area contributed by atoms with Gasteiger partial charge in [-0.1, -0.05) is 0 Å². The molecule has 0 aromatic heterocycles. The summed E-state index contributed by atoms with van der Waals surface area (Å²) in [5, 5.41) is 67.8. The van der Waals surface area contributed by atoms with Gasteiger partial charge in [-0.05, 0) is 6.92 Å². The molecule has 2 heterocycles. The number of nitrogens with two attached hydrogens (primary N) is 1. The first-order valence-corrected chi connectivity index (χ1v) is 7.55. The van der Waals surface area contributed by atoms with E-state index in [-0.39, 0.29) is 0 Å². The first-order valence-electron chi connectivity index (χ1n) is 7.55. The Bertz CT molecular complexity index is 424. The molecule has 0 saturated carbocycles. The predicted octanol–water partition coefficient (Wildman–Crippen LogP) is -5.04. The second-order valence-corrected chi connectivity index (χ2v) is 6.18. The van der Waals surface area contributed by atoms with Gasteiger partial charge in [0.25, 0.3) is 0 Å². The molecule has 142 valence electrons. The van der Waals surface area contributed by atoms with Gasteiger partial charge in [-0.25, -0.2) is 0 Å². The number of aliphatic hydroxyl groups is 7. The van der Waals surface area contributed by atoms with Crippen molar-refractivity contribution in [2.45, 2.75) is 67.8 Å². The minimum atomic E-state index is -1.93. The van der Waals surface area contributed by atoms with Crippen LogP contribution in [0.5, 0.6) is 0 Å². The summed E-state index contributed by atoms with van der Waals surface area (Å²) in [5.74, 6) is -1.93. The van der Waals surface area contributed by atoms with Crippen molar-refractivity contribution in [3.63, 3.8) is 0 Å². The molecule has 11 nitrogen and oxygen atoms in total. The van der Waals surface area contributed by atoms with Crippen LogP contribution >= 0.6 is 0 Å². The summed E-state index contributed by atoms with van der Waals surface area (Å²) in [7, 11) is 0. The van der Waals surface area contributed by atoms with Gasteiger partial charge in [-0.15, -0.1) is 0 Å². The molecular weight excluding hydrogens is 330 g/mol. The van der Waals surface area contributed by atoms with Crippen LogP contribution in [0.2, 0.25) is 0 Å². The quantitative estimate of drug-likeness (QED) is 0.240. The van der Waals surface area contributed by atoms with Crippen LogP contribution in [0.1, 0.15) is 6.92 Å². The van der Waals surface area contributed by atoms with Crippen LogP contribution in [-0.2, 0) is 14.2 Å². The fourth-order valence-electron chi connectivity index (χ4n) is 2.84. The van der Waals surface area contributed by atoms with E-state index in [0.717, 1.165) is 0 Å². The fraction of sp³-hybridized carbons (Fsp3) is 1.00. The maximum Gasteiger partial charge on any atom is 0.197 e. The molecule has 2 aliphatic heterocycles. The van der Waals surface area contributed by atoms with Crippen LogP contribution in [0.3, 0.4) is 0 Å². The lowest BCUT2D eigenvalue weighted by Crippen LogP contribution is -2.69. The first kappa shape index (κ1) is 19.9. The second kappa shape index (κ2) is 7.43. The Morgan fingerprint density at radius 3 is 2.00 bits per heavy atom. The number of hydrogen-bond donors (Lipinski definition) is 8. The topological polar surface area (TPSA) is 195 Å². The van der Waals surface area contributed by atoms with Gasteiger partial charge < -0.3 is 55.7 Å². The van der Waals surface area contributed by atoms with E-state index in [1.165, 1.54) is 6.92 Å². The Kier molecular flexibility index (Phi) is 6.16. The number of rotatable bonds is 4. The summed E-state index contributed by atoms with van der Waals surface area (Å²) < 4.78 is 16.1. The Hall–Kier alpha value is -0.440. The smallest absolute Gasteiger partial charge is 0.197 e. The van der Waals surface area contributed by atoms with Crippen molar-refractivity contribution < 1.29 is 50.0 Å². The lowest BCUT2D eigenvalue weighted by atomic mass is 9.93. The number of aliphatic hydroxyl groups excluding tert-OH is 7. The zero-order chi connectivity index (χ0) is 18.2. The molecule has 0 amide bonds. The van der Waals surface area contributed by atoms with Gasteiger partial charge in [0, 0.05) is 0 Å². The third kappa shape index (κ3) is 3.43. The van der Waals surface area contributed by atoms with Crippen LogP contribution in [0.25, 0.3) is 0 Å². The molecule has 24 heavy (non-hydrogen) atoms. The fourth-order valence-corrected chi connectivity index (χ4v) is 2.84. The SMILES string of the molecule is C[C@]1(O[C@H]2O[C@H](CO)[C@@H](O)[C@H](O)[C@H]2N)O[C@H](CO)[C@@H](O)[C@H](O)[C@H]1O. The lowest BCUT2D eigenvalue weighted by molar-refractivity contribution is -0.406. The van der Waals surface area contributed by atoms with Gasteiger partial charge in [0.05, 0.1) is 19.3 Å². The van der Waals surface area contributed by atoms with Crippen molar-refractivity contribution in [2.24, 2.45) is 5.73 Å². The van der Waals surface area contributed by atoms with E-state index in [9.17, 15) is 35.7 Å². The average Bonchev–Trinajstić information content (AvgIpc) is 2.57. The molecule has 9 N–H and O–H groups in total. The van der Waals surface area contributed by atoms with E-state index in [2.05, 4.69) is 0 Å². The molecule has 0 unspecified atom stereocenters. The first-order chi connectivity index (χ1) is 11.2. The van der Waals surface area contributed by atoms with Crippen LogP contribution < -0.4 is 5.73 Å². The molecule has 0 bridgehead atoms. The van der Waals surface area contributed by atoms with Crippen LogP contribution in [0.4, 0.5) is 0 Å². The summed E-state index contributed by atoms with van der Waals surface area (Å²) in [6, 6.07) is -1.24. The van der Waals surface area contributed by atoms with Crippen LogP contribution in [0.15, 0.2) is 0 Å². The van der Waals surface area contributed by atoms with Gasteiger partial charge >= 0.3 is 0 Å². The molecule has 11 heteroatoms. The molecule has 0 radical (unpaired) electrons. The highest BCUT2D eigenvalue weighted by molar-refractivity contribution is 4.97. The summed E-state index contributed by atoms with van der Waals surface area (Å²) in [5.41, 5.74) is 5.74. The number of ether oxygens (including phenoxy) is 3. The van der Waals surface area contributed by atoms with Crippen molar-refractivity contribution in [1.82, 2.24) is 0 Å². The van der Waals surface area contributed by atoms with E-state index in [1.54, 1.807) is 0 Å². The summed E-state index contributed by atoms with van der Waals surface area (Å²) in [4.78, 5) is 0. The normalized spacial score (nSPS) is 53.1. The Balaban J connectivity index is 2.18. The van der Waals surface area contributed by atoms with Gasteiger partial charge in [0.1, 0.15) is 42.7 Å². The minimum Gasteiger partial charge on any atom is -0.394 e. The summed E-state index contributed by atoms with van der Waals surface area (Å²) >= 11 is 0. The third-order valence-electron chi connectivity index (χ3n) is 4.44. The summed E-state index contributed by atoms with van der Waals surface area (Å²) in [6.45, 7) is -0.0372. The van der Waals surface area contributed by atoms with Gasteiger partial charge in [0.15, 0.2) is 12.1 Å². The predicted molar refractivity (Wildman–Crippen MR) is 75.2 cm³/mol. The molecular formula is C13H25NO10. The van der Waals surface area contributed by atoms with Crippen LogP contribution in [0, 0.1) is 0 Å². The highest BCUT2D eigenvalue weighted by atomic mass is 16.8. The average molecular weight is 355 g/mol. The Labute approximate surface area is 137 Å². The van der Waals surface area contributed by atoms with Gasteiger partial charge in [-0.3, -0.25) is 0 Å². The maximum atomic E-state index is 10.1. The molecule has 10 atom stereocenters. The van der Waals surface area contributed by atoms with Crippen molar-refractivity contribution in [3.05, 3.63) is 0 Å². The molecule has 0 aliphatic carbocycles. The van der Waals surface area contributed by atoms with E-state index < -0.39 is 74.1 Å². The molecule has 2 aliphatic rings. The van der Waals surface area contributed by atoms with Crippen molar-refractivity contribution in [3.8, 4) is 0 Å². The molecule has 2 rings (SSSR count). The van der Waals surface area contributed by atoms with E-state index >= 15 is 0 Å². The molecule has 0 spiro atoms. The number of hydrogen-bond acceptors (Lipinski definition) is 11. The Morgan fingerprint density at radius 2 is 1.46 bits per heavy atom. The van der Waals surface area contributed by atoms with Crippen LogP contribution in [-0.4, -0.2) is 110 Å². The standard InChI is InChI=1S/C13H25NO10/c1-13(11(21)10(20)8(18)5(3-16)23-13)24-12-6(14)9(19)7(17)4(2-15)22-12/h4-12,15-21H,2-3,14H2,1H3/t4-,5-,6-,7-,8-,9-,10+,11-,12-,13-/m1/s1. The third-order valence-corrected chi connectivity index (χ3v) is 4.44. The highest BCUT2D eigenvalue weighted by Gasteiger charge is 2.55. The van der Waals surface area contributed by atoms with Crippen molar-refractivity contribution >= 4 is 0 Å². The Morgan fingerprint density at radius 1 is 0.917 bits per heavy atom.